The molecule has 3 nitrogen and oxygen atoms in total. The third kappa shape index (κ3) is 3.27. The highest BCUT2D eigenvalue weighted by molar-refractivity contribution is 5.18. The van der Waals surface area contributed by atoms with Crippen LogP contribution in [0.15, 0.2) is 18.3 Å². The second-order valence-corrected chi connectivity index (χ2v) is 5.13. The number of likely N-dealkylation sites (tertiary alicyclic amines) is 1. The van der Waals surface area contributed by atoms with Gasteiger partial charge in [0.1, 0.15) is 0 Å². The van der Waals surface area contributed by atoms with E-state index >= 15 is 0 Å². The molecule has 0 saturated carbocycles. The standard InChI is InChI=1S/C14H22N2O/c1-11-13(5-3-7-15-11)9-16-8-4-6-14(10-16)12(2)17/h3,5,7,12,14,17H,4,6,8-10H2,1-2H3. The molecule has 0 radical (unpaired) electrons. The molecule has 0 aliphatic carbocycles. The Hall–Kier alpha value is -0.930. The summed E-state index contributed by atoms with van der Waals surface area (Å²) >= 11 is 0. The molecular formula is C14H22N2O. The fraction of sp³-hybridized carbons (Fsp3) is 0.643. The second-order valence-electron chi connectivity index (χ2n) is 5.13. The van der Waals surface area contributed by atoms with Crippen molar-refractivity contribution in [3.05, 3.63) is 29.6 Å². The Kier molecular flexibility index (Phi) is 4.13. The maximum Gasteiger partial charge on any atom is 0.0552 e. The lowest BCUT2D eigenvalue weighted by atomic mass is 9.93. The summed E-state index contributed by atoms with van der Waals surface area (Å²) in [5, 5.41) is 9.68. The van der Waals surface area contributed by atoms with Gasteiger partial charge in [-0.3, -0.25) is 9.88 Å². The molecule has 94 valence electrons. The molecule has 1 saturated heterocycles. The van der Waals surface area contributed by atoms with Crippen molar-refractivity contribution in [1.29, 1.82) is 0 Å². The van der Waals surface area contributed by atoms with Crippen LogP contribution in [0.5, 0.6) is 0 Å². The van der Waals surface area contributed by atoms with Crippen LogP contribution in [0.1, 0.15) is 31.0 Å². The quantitative estimate of drug-likeness (QED) is 0.869. The smallest absolute Gasteiger partial charge is 0.0552 e. The number of aryl methyl sites for hydroxylation is 1. The van der Waals surface area contributed by atoms with Gasteiger partial charge in [-0.1, -0.05) is 6.07 Å². The average molecular weight is 234 g/mol. The molecule has 1 aliphatic rings. The van der Waals surface area contributed by atoms with Crippen molar-refractivity contribution < 1.29 is 5.11 Å². The van der Waals surface area contributed by atoms with Crippen LogP contribution >= 0.6 is 0 Å². The highest BCUT2D eigenvalue weighted by Crippen LogP contribution is 2.21. The van der Waals surface area contributed by atoms with Crippen LogP contribution in [0.4, 0.5) is 0 Å². The predicted molar refractivity (Wildman–Crippen MR) is 68.7 cm³/mol. The van der Waals surface area contributed by atoms with E-state index in [0.29, 0.717) is 5.92 Å². The molecule has 1 aromatic rings. The topological polar surface area (TPSA) is 36.4 Å². The molecule has 0 amide bonds. The Morgan fingerprint density at radius 2 is 2.41 bits per heavy atom. The SMILES string of the molecule is Cc1ncccc1CN1CCCC(C(C)O)C1. The van der Waals surface area contributed by atoms with Gasteiger partial charge in [-0.05, 0) is 50.8 Å². The maximum atomic E-state index is 9.68. The van der Waals surface area contributed by atoms with Gasteiger partial charge in [0.05, 0.1) is 6.10 Å². The van der Waals surface area contributed by atoms with Crippen LogP contribution in [-0.2, 0) is 6.54 Å². The van der Waals surface area contributed by atoms with Gasteiger partial charge in [-0.2, -0.15) is 0 Å². The first kappa shape index (κ1) is 12.5. The molecule has 1 N–H and O–H groups in total. The first-order valence-corrected chi connectivity index (χ1v) is 6.47. The summed E-state index contributed by atoms with van der Waals surface area (Å²) in [6, 6.07) is 4.15. The molecule has 1 fully saturated rings. The van der Waals surface area contributed by atoms with Crippen molar-refractivity contribution in [2.75, 3.05) is 13.1 Å². The van der Waals surface area contributed by atoms with Crippen molar-refractivity contribution in [2.45, 2.75) is 39.3 Å². The van der Waals surface area contributed by atoms with E-state index < -0.39 is 0 Å². The largest absolute Gasteiger partial charge is 0.393 e. The Balaban J connectivity index is 1.97. The minimum absolute atomic E-state index is 0.187. The van der Waals surface area contributed by atoms with Gasteiger partial charge in [0.25, 0.3) is 0 Å². The second kappa shape index (κ2) is 5.61. The summed E-state index contributed by atoms with van der Waals surface area (Å²) < 4.78 is 0. The number of hydrogen-bond donors (Lipinski definition) is 1. The zero-order valence-electron chi connectivity index (χ0n) is 10.8. The molecule has 3 heteroatoms. The van der Waals surface area contributed by atoms with E-state index in [1.807, 2.05) is 19.2 Å². The first-order valence-electron chi connectivity index (χ1n) is 6.47. The number of pyridine rings is 1. The van der Waals surface area contributed by atoms with Crippen LogP contribution < -0.4 is 0 Å². The zero-order valence-corrected chi connectivity index (χ0v) is 10.8. The van der Waals surface area contributed by atoms with E-state index in [9.17, 15) is 5.11 Å². The van der Waals surface area contributed by atoms with Crippen LogP contribution in [-0.4, -0.2) is 34.2 Å². The summed E-state index contributed by atoms with van der Waals surface area (Å²) in [5.74, 6) is 0.431. The minimum Gasteiger partial charge on any atom is -0.393 e. The fourth-order valence-corrected chi connectivity index (χ4v) is 2.55. The van der Waals surface area contributed by atoms with Gasteiger partial charge in [-0.15, -0.1) is 0 Å². The van der Waals surface area contributed by atoms with E-state index in [1.165, 1.54) is 12.0 Å². The Bertz CT molecular complexity index is 365. The number of aliphatic hydroxyl groups excluding tert-OH is 1. The summed E-state index contributed by atoms with van der Waals surface area (Å²) in [4.78, 5) is 6.76. The van der Waals surface area contributed by atoms with E-state index in [2.05, 4.69) is 22.9 Å². The first-order chi connectivity index (χ1) is 8.16. The van der Waals surface area contributed by atoms with Gasteiger partial charge < -0.3 is 5.11 Å². The molecular weight excluding hydrogens is 212 g/mol. The lowest BCUT2D eigenvalue weighted by Gasteiger charge is -2.34. The predicted octanol–water partition coefficient (Wildman–Crippen LogP) is 1.98. The third-order valence-corrected chi connectivity index (χ3v) is 3.73. The van der Waals surface area contributed by atoms with Crippen LogP contribution in [0.25, 0.3) is 0 Å². The van der Waals surface area contributed by atoms with Crippen LogP contribution in [0, 0.1) is 12.8 Å². The van der Waals surface area contributed by atoms with Crippen molar-refractivity contribution >= 4 is 0 Å². The maximum absolute atomic E-state index is 9.68. The van der Waals surface area contributed by atoms with E-state index in [4.69, 9.17) is 0 Å². The van der Waals surface area contributed by atoms with Crippen LogP contribution in [0.3, 0.4) is 0 Å². The molecule has 0 bridgehead atoms. The molecule has 1 aliphatic heterocycles. The monoisotopic (exact) mass is 234 g/mol. The van der Waals surface area contributed by atoms with Gasteiger partial charge in [0.2, 0.25) is 0 Å². The van der Waals surface area contributed by atoms with Crippen molar-refractivity contribution in [3.63, 3.8) is 0 Å². The molecule has 2 atom stereocenters. The normalized spacial score (nSPS) is 23.6. The van der Waals surface area contributed by atoms with Crippen molar-refractivity contribution in [1.82, 2.24) is 9.88 Å². The average Bonchev–Trinajstić information content (AvgIpc) is 2.32. The van der Waals surface area contributed by atoms with Gasteiger partial charge in [-0.25, -0.2) is 0 Å². The highest BCUT2D eigenvalue weighted by Gasteiger charge is 2.23. The molecule has 2 rings (SSSR count). The number of piperidine rings is 1. The van der Waals surface area contributed by atoms with Gasteiger partial charge in [0, 0.05) is 25.0 Å². The highest BCUT2D eigenvalue weighted by atomic mass is 16.3. The van der Waals surface area contributed by atoms with Gasteiger partial charge in [0.15, 0.2) is 0 Å². The zero-order chi connectivity index (χ0) is 12.3. The Morgan fingerprint density at radius 1 is 1.59 bits per heavy atom. The summed E-state index contributed by atoms with van der Waals surface area (Å²) in [5.41, 5.74) is 2.42. The summed E-state index contributed by atoms with van der Waals surface area (Å²) in [7, 11) is 0. The molecule has 1 aromatic heterocycles. The molecule has 0 spiro atoms. The Labute approximate surface area is 103 Å². The number of hydrogen-bond acceptors (Lipinski definition) is 3. The summed E-state index contributed by atoms with van der Waals surface area (Å²) in [6.07, 6.45) is 4.00. The number of aliphatic hydroxyl groups is 1. The number of aromatic nitrogens is 1. The third-order valence-electron chi connectivity index (χ3n) is 3.73. The number of rotatable bonds is 3. The molecule has 2 heterocycles. The van der Waals surface area contributed by atoms with E-state index in [0.717, 1.165) is 31.7 Å². The van der Waals surface area contributed by atoms with Crippen LogP contribution in [0.2, 0.25) is 0 Å². The van der Waals surface area contributed by atoms with E-state index in [-0.39, 0.29) is 6.10 Å². The lowest BCUT2D eigenvalue weighted by Crippen LogP contribution is -2.39. The molecule has 0 aromatic carbocycles. The van der Waals surface area contributed by atoms with Crippen molar-refractivity contribution in [2.24, 2.45) is 5.92 Å². The summed E-state index contributed by atoms with van der Waals surface area (Å²) in [6.45, 7) is 7.07. The Morgan fingerprint density at radius 3 is 3.12 bits per heavy atom. The van der Waals surface area contributed by atoms with E-state index in [1.54, 1.807) is 0 Å². The minimum atomic E-state index is -0.187. The lowest BCUT2D eigenvalue weighted by molar-refractivity contribution is 0.0598. The fourth-order valence-electron chi connectivity index (χ4n) is 2.55. The molecule has 17 heavy (non-hydrogen) atoms. The molecule has 2 unspecified atom stereocenters. The number of nitrogens with zero attached hydrogens (tertiary/aromatic N) is 2. The van der Waals surface area contributed by atoms with Crippen molar-refractivity contribution in [3.8, 4) is 0 Å². The van der Waals surface area contributed by atoms with Gasteiger partial charge >= 0.3 is 0 Å².